The van der Waals surface area contributed by atoms with Crippen LogP contribution in [0.3, 0.4) is 0 Å². The highest BCUT2D eigenvalue weighted by atomic mass is 32.0. The van der Waals surface area contributed by atoms with Gasteiger partial charge in [0.2, 0.25) is 8.06 Å². The minimum atomic E-state index is -2.50. The Morgan fingerprint density at radius 3 is 0.643 bits per heavy atom. The van der Waals surface area contributed by atoms with Gasteiger partial charge in [-0.05, 0) is 81.7 Å². The van der Waals surface area contributed by atoms with Crippen LogP contribution >= 0.6 is 31.1 Å². The summed E-state index contributed by atoms with van der Waals surface area (Å²) in [7, 11) is -1.83. The van der Waals surface area contributed by atoms with Gasteiger partial charge in [0.15, 0.2) is 0 Å². The van der Waals surface area contributed by atoms with Crippen LogP contribution in [0, 0.1) is 0 Å². The maximum absolute atomic E-state index is 6.38. The van der Waals surface area contributed by atoms with Gasteiger partial charge < -0.3 is 0 Å². The summed E-state index contributed by atoms with van der Waals surface area (Å²) in [4.78, 5) is 0. The predicted molar refractivity (Wildman–Crippen MR) is 191 cm³/mol. The average molecular weight is 619 g/mol. The first kappa shape index (κ1) is 29.9. The number of nitrogens with two attached hydrogens (primary N) is 1. The molecule has 6 aromatic rings. The van der Waals surface area contributed by atoms with Crippen molar-refractivity contribution in [3.8, 4) is 0 Å². The largest absolute Gasteiger partial charge is 0.301 e. The van der Waals surface area contributed by atoms with Crippen molar-refractivity contribution in [1.29, 1.82) is 0 Å². The number of nitrogens with zero attached hydrogens (tertiary/aromatic N) is 1. The van der Waals surface area contributed by atoms with Crippen LogP contribution in [0.1, 0.15) is 0 Å². The molecule has 0 fully saturated rings. The summed E-state index contributed by atoms with van der Waals surface area (Å²) < 4.78 is 6.38. The van der Waals surface area contributed by atoms with E-state index in [9.17, 15) is 0 Å². The molecule has 6 rings (SSSR count). The molecular weight excluding hydrogens is 584 g/mol. The Bertz CT molecular complexity index is 1480. The Labute approximate surface area is 253 Å². The highest BCUT2D eigenvalue weighted by molar-refractivity contribution is 7.95. The lowest BCUT2D eigenvalue weighted by Crippen LogP contribution is -2.31. The lowest BCUT2D eigenvalue weighted by molar-refractivity contribution is -0.0730. The summed E-state index contributed by atoms with van der Waals surface area (Å²) in [5.41, 5.74) is 0. The molecule has 0 heterocycles. The molecule has 0 spiro atoms. The van der Waals surface area contributed by atoms with Crippen molar-refractivity contribution in [2.75, 3.05) is 0 Å². The van der Waals surface area contributed by atoms with E-state index in [1.807, 2.05) is 0 Å². The van der Waals surface area contributed by atoms with Crippen LogP contribution in [0.5, 0.6) is 0 Å². The first-order valence-electron chi connectivity index (χ1n) is 13.7. The first-order chi connectivity index (χ1) is 20.8. The van der Waals surface area contributed by atoms with Gasteiger partial charge in [-0.15, -0.1) is 4.17 Å². The molecule has 1 unspecified atom stereocenters. The van der Waals surface area contributed by atoms with E-state index in [0.29, 0.717) is 0 Å². The second-order valence-corrected chi connectivity index (χ2v) is 17.1. The van der Waals surface area contributed by atoms with Crippen LogP contribution in [-0.2, 0) is 0 Å². The van der Waals surface area contributed by atoms with Gasteiger partial charge in [0.05, 0.1) is 31.8 Å². The van der Waals surface area contributed by atoms with Gasteiger partial charge in [-0.1, -0.05) is 109 Å². The topological polar surface area (TPSA) is 39.7 Å². The molecule has 2 nitrogen and oxygen atoms in total. The molecule has 0 saturated carbocycles. The van der Waals surface area contributed by atoms with Crippen molar-refractivity contribution in [2.24, 2.45) is 0 Å². The zero-order valence-corrected chi connectivity index (χ0v) is 27.1. The molecule has 1 atom stereocenters. The summed E-state index contributed by atoms with van der Waals surface area (Å²) in [5, 5.41) is 12.3. The molecule has 0 bridgehead atoms. The second-order valence-electron chi connectivity index (χ2n) is 9.52. The Kier molecular flexibility index (Phi) is 10.4. The number of benzene rings is 6. The fraction of sp³-hybridized carbons (Fsp3) is 0. The van der Waals surface area contributed by atoms with Gasteiger partial charge in [-0.2, -0.15) is 0 Å². The number of hydrogen-bond acceptors (Lipinski definition) is 0. The monoisotopic (exact) mass is 618 g/mol. The van der Waals surface area contributed by atoms with Crippen molar-refractivity contribution >= 4 is 62.9 Å². The van der Waals surface area contributed by atoms with Gasteiger partial charge >= 0.3 is 14.1 Å². The molecule has 0 radical (unpaired) electrons. The fourth-order valence-electron chi connectivity index (χ4n) is 5.27. The maximum atomic E-state index is 6.38. The molecule has 2 N–H and O–H groups in total. The quantitative estimate of drug-likeness (QED) is 0.174. The van der Waals surface area contributed by atoms with Gasteiger partial charge in [0.25, 0.3) is 0 Å². The average Bonchev–Trinajstić information content (AvgIpc) is 3.08. The third kappa shape index (κ3) is 6.12. The highest BCUT2D eigenvalue weighted by Gasteiger charge is 2.44. The lowest BCUT2D eigenvalue weighted by Gasteiger charge is -2.20. The summed E-state index contributed by atoms with van der Waals surface area (Å²) in [6, 6.07) is 65.7. The van der Waals surface area contributed by atoms with Crippen LogP contribution in [0.15, 0.2) is 182 Å². The summed E-state index contributed by atoms with van der Waals surface area (Å²) in [6.45, 7) is 0. The molecular formula is C36H34N2P4+2. The van der Waals surface area contributed by atoms with E-state index < -0.39 is 14.1 Å². The molecule has 0 saturated heterocycles. The number of rotatable bonds is 6. The molecule has 42 heavy (non-hydrogen) atoms. The SMILES string of the molecule is [NH2+]=PP.c1ccc(P(=[N+]=P(c2ccccc2)(c2ccccc2)c2ccccc2)(c2ccccc2)c2ccccc2)cc1. The Balaban J connectivity index is 0.00000113. The summed E-state index contributed by atoms with van der Waals surface area (Å²) in [5.74, 6) is 0. The van der Waals surface area contributed by atoms with Crippen molar-refractivity contribution in [3.63, 3.8) is 0 Å². The Morgan fingerprint density at radius 2 is 0.500 bits per heavy atom. The fourth-order valence-corrected chi connectivity index (χ4v) is 14.8. The van der Waals surface area contributed by atoms with Crippen LogP contribution in [0.25, 0.3) is 0 Å². The maximum Gasteiger partial charge on any atom is 0.301 e. The third-order valence-electron chi connectivity index (χ3n) is 7.05. The third-order valence-corrected chi connectivity index (χ3v) is 15.5. The normalized spacial score (nSPS) is 11.2. The zero-order chi connectivity index (χ0) is 29.1. The first-order valence-corrected chi connectivity index (χ1v) is 19.8. The van der Waals surface area contributed by atoms with Crippen molar-refractivity contribution in [2.45, 2.75) is 0 Å². The minimum Gasteiger partial charge on any atom is -0.242 e. The molecule has 0 aliphatic heterocycles. The van der Waals surface area contributed by atoms with Crippen LogP contribution in [0.4, 0.5) is 0 Å². The Morgan fingerprint density at radius 1 is 0.357 bits per heavy atom. The van der Waals surface area contributed by atoms with Gasteiger partial charge in [-0.3, -0.25) is 0 Å². The van der Waals surface area contributed by atoms with E-state index in [0.717, 1.165) is 8.06 Å². The van der Waals surface area contributed by atoms with E-state index in [1.54, 1.807) is 0 Å². The van der Waals surface area contributed by atoms with E-state index in [4.69, 9.17) is 9.34 Å². The molecule has 0 aromatic heterocycles. The van der Waals surface area contributed by atoms with Crippen molar-refractivity contribution in [1.82, 2.24) is 4.17 Å². The van der Waals surface area contributed by atoms with Gasteiger partial charge in [-0.25, -0.2) is 5.16 Å². The minimum absolute atomic E-state index is 0.833. The van der Waals surface area contributed by atoms with Crippen LogP contribution in [-0.4, -0.2) is 0 Å². The van der Waals surface area contributed by atoms with Gasteiger partial charge in [0, 0.05) is 0 Å². The van der Waals surface area contributed by atoms with Crippen molar-refractivity contribution in [3.05, 3.63) is 182 Å². The molecule has 6 heteroatoms. The van der Waals surface area contributed by atoms with E-state index >= 15 is 0 Å². The lowest BCUT2D eigenvalue weighted by atomic mass is 10.4. The molecule has 0 aliphatic carbocycles. The second kappa shape index (κ2) is 14.5. The van der Waals surface area contributed by atoms with Crippen LogP contribution in [0.2, 0.25) is 0 Å². The summed E-state index contributed by atoms with van der Waals surface area (Å²) in [6.07, 6.45) is 0. The predicted octanol–water partition coefficient (Wildman–Crippen LogP) is 6.07. The zero-order valence-electron chi connectivity index (χ0n) is 23.3. The van der Waals surface area contributed by atoms with Crippen molar-refractivity contribution < 1.29 is 5.16 Å². The Hall–Kier alpha value is -3.58. The van der Waals surface area contributed by atoms with Crippen LogP contribution < -0.4 is 41.2 Å². The number of hydrogen-bond donors (Lipinski definition) is 1. The molecule has 0 aliphatic rings. The summed E-state index contributed by atoms with van der Waals surface area (Å²) >= 11 is 0. The molecule has 0 amide bonds. The standard InChI is InChI=1S/C36H30NP2.H3NP2/c1-7-19-31(20-8-1)38(32-21-9-2-10-22-32,33-23-11-3-12-24-33)37-39(34-25-13-4-14-26-34,35-27-15-5-16-28-35)36-29-17-6-18-30-36;1-3-2/h1-30H;1H,2H2/q+1;/p+1. The van der Waals surface area contributed by atoms with E-state index in [2.05, 4.69) is 191 Å². The van der Waals surface area contributed by atoms with E-state index in [-0.39, 0.29) is 0 Å². The molecule has 6 aromatic carbocycles. The highest BCUT2D eigenvalue weighted by Crippen LogP contribution is 2.50. The van der Waals surface area contributed by atoms with Gasteiger partial charge in [0.1, 0.15) is 0 Å². The smallest absolute Gasteiger partial charge is 0.242 e. The van der Waals surface area contributed by atoms with E-state index in [1.165, 1.54) is 31.8 Å². The molecule has 206 valence electrons.